The Morgan fingerprint density at radius 1 is 1.32 bits per heavy atom. The number of rotatable bonds is 2. The summed E-state index contributed by atoms with van der Waals surface area (Å²) in [5.74, 6) is -0.876. The van der Waals surface area contributed by atoms with E-state index in [1.165, 1.54) is 0 Å². The molecule has 0 aromatic carbocycles. The van der Waals surface area contributed by atoms with Crippen LogP contribution in [-0.4, -0.2) is 29.4 Å². The Kier molecular flexibility index (Phi) is 3.56. The lowest BCUT2D eigenvalue weighted by Crippen LogP contribution is -2.41. The molecule has 0 bridgehead atoms. The van der Waals surface area contributed by atoms with Crippen molar-refractivity contribution in [1.29, 1.82) is 0 Å². The fourth-order valence-electron chi connectivity index (χ4n) is 2.64. The molecule has 1 aliphatic heterocycles. The maximum Gasteiger partial charge on any atom is 0.490 e. The van der Waals surface area contributed by atoms with Gasteiger partial charge in [-0.05, 0) is 51.9 Å². The highest BCUT2D eigenvalue weighted by molar-refractivity contribution is 6.54. The van der Waals surface area contributed by atoms with Gasteiger partial charge in [0.15, 0.2) is 0 Å². The zero-order valence-corrected chi connectivity index (χ0v) is 12.4. The van der Waals surface area contributed by atoms with Gasteiger partial charge in [-0.15, -0.1) is 0 Å². The Bertz CT molecular complexity index is 398. The lowest BCUT2D eigenvalue weighted by molar-refractivity contribution is -0.143. The van der Waals surface area contributed by atoms with Crippen LogP contribution in [0.5, 0.6) is 0 Å². The van der Waals surface area contributed by atoms with Gasteiger partial charge in [-0.25, -0.2) is 0 Å². The van der Waals surface area contributed by atoms with Gasteiger partial charge in [0.05, 0.1) is 17.1 Å². The molecule has 19 heavy (non-hydrogen) atoms. The summed E-state index contributed by atoms with van der Waals surface area (Å²) in [6.07, 6.45) is 3.28. The summed E-state index contributed by atoms with van der Waals surface area (Å²) >= 11 is 0. The van der Waals surface area contributed by atoms with Gasteiger partial charge in [0, 0.05) is 0 Å². The van der Waals surface area contributed by atoms with Crippen LogP contribution in [0.3, 0.4) is 0 Å². The van der Waals surface area contributed by atoms with Crippen molar-refractivity contribution in [2.75, 3.05) is 0 Å². The van der Waals surface area contributed by atoms with E-state index in [9.17, 15) is 4.79 Å². The number of hydrogen-bond acceptors (Lipinski definition) is 3. The molecule has 1 aliphatic carbocycles. The molecule has 0 saturated carbocycles. The smallest absolute Gasteiger partial charge is 0.481 e. The topological polar surface area (TPSA) is 55.8 Å². The molecule has 0 aromatic heterocycles. The van der Waals surface area contributed by atoms with Crippen molar-refractivity contribution in [2.24, 2.45) is 11.8 Å². The highest BCUT2D eigenvalue weighted by Crippen LogP contribution is 2.41. The quantitative estimate of drug-likeness (QED) is 0.781. The summed E-state index contributed by atoms with van der Waals surface area (Å²) in [7, 11) is -0.331. The summed E-state index contributed by atoms with van der Waals surface area (Å²) in [6, 6.07) is 0. The monoisotopic (exact) mass is 266 g/mol. The van der Waals surface area contributed by atoms with Crippen LogP contribution in [0.1, 0.15) is 47.5 Å². The van der Waals surface area contributed by atoms with Gasteiger partial charge in [-0.2, -0.15) is 0 Å². The maximum atomic E-state index is 11.1. The SMILES string of the molecule is CC1CC(B2OC(C)(C)C(C)(C)O2)=CCC1C(=O)O. The van der Waals surface area contributed by atoms with E-state index in [2.05, 4.69) is 0 Å². The molecule has 0 spiro atoms. The minimum absolute atomic E-state index is 0.122. The van der Waals surface area contributed by atoms with Crippen LogP contribution < -0.4 is 0 Å². The Hall–Kier alpha value is -0.805. The minimum atomic E-state index is -0.711. The molecular weight excluding hydrogens is 243 g/mol. The molecule has 5 heteroatoms. The predicted molar refractivity (Wildman–Crippen MR) is 73.7 cm³/mol. The standard InChI is InChI=1S/C14H23BO4/c1-9-8-10(6-7-11(9)12(16)17)15-18-13(2,3)14(4,5)19-15/h6,9,11H,7-8H2,1-5H3,(H,16,17). The second-order valence-electron chi connectivity index (χ2n) is 6.73. The summed E-state index contributed by atoms with van der Waals surface area (Å²) in [5, 5.41) is 9.13. The molecule has 2 aliphatic rings. The lowest BCUT2D eigenvalue weighted by Gasteiger charge is -2.32. The van der Waals surface area contributed by atoms with Crippen molar-refractivity contribution in [1.82, 2.24) is 0 Å². The van der Waals surface area contributed by atoms with Crippen LogP contribution in [0.25, 0.3) is 0 Å². The number of carbonyl (C=O) groups is 1. The largest absolute Gasteiger partial charge is 0.490 e. The number of aliphatic carboxylic acids is 1. The zero-order chi connectivity index (χ0) is 14.4. The minimum Gasteiger partial charge on any atom is -0.481 e. The van der Waals surface area contributed by atoms with Gasteiger partial charge in [-0.3, -0.25) is 4.79 Å². The van der Waals surface area contributed by atoms with E-state index in [1.54, 1.807) is 0 Å². The second-order valence-corrected chi connectivity index (χ2v) is 6.73. The summed E-state index contributed by atoms with van der Waals surface area (Å²) in [4.78, 5) is 11.1. The molecule has 1 saturated heterocycles. The normalized spacial score (nSPS) is 33.1. The van der Waals surface area contributed by atoms with Crippen LogP contribution in [0, 0.1) is 11.8 Å². The van der Waals surface area contributed by atoms with Crippen molar-refractivity contribution >= 4 is 13.1 Å². The Labute approximate surface area is 115 Å². The molecule has 0 radical (unpaired) electrons. The Morgan fingerprint density at radius 2 is 1.84 bits per heavy atom. The first-order chi connectivity index (χ1) is 8.64. The van der Waals surface area contributed by atoms with Gasteiger partial charge < -0.3 is 14.4 Å². The van der Waals surface area contributed by atoms with E-state index in [1.807, 2.05) is 40.7 Å². The van der Waals surface area contributed by atoms with Crippen molar-refractivity contribution in [3.63, 3.8) is 0 Å². The number of hydrogen-bond donors (Lipinski definition) is 1. The van der Waals surface area contributed by atoms with E-state index in [4.69, 9.17) is 14.4 Å². The summed E-state index contributed by atoms with van der Waals surface area (Å²) in [5.41, 5.74) is 0.403. The molecule has 2 unspecified atom stereocenters. The average molecular weight is 266 g/mol. The first kappa shape index (κ1) is 14.6. The van der Waals surface area contributed by atoms with Crippen molar-refractivity contribution in [2.45, 2.75) is 58.7 Å². The van der Waals surface area contributed by atoms with E-state index in [0.717, 1.165) is 11.9 Å². The number of carboxylic acids is 1. The van der Waals surface area contributed by atoms with Crippen LogP contribution in [0.2, 0.25) is 0 Å². The fourth-order valence-corrected chi connectivity index (χ4v) is 2.64. The third-order valence-electron chi connectivity index (χ3n) is 4.75. The summed E-state index contributed by atoms with van der Waals surface area (Å²) < 4.78 is 12.0. The fraction of sp³-hybridized carbons (Fsp3) is 0.786. The van der Waals surface area contributed by atoms with E-state index < -0.39 is 5.97 Å². The van der Waals surface area contributed by atoms with Gasteiger partial charge in [-0.1, -0.05) is 13.0 Å². The summed E-state index contributed by atoms with van der Waals surface area (Å²) in [6.45, 7) is 10.1. The molecule has 2 atom stereocenters. The lowest BCUT2D eigenvalue weighted by atomic mass is 9.67. The maximum absolute atomic E-state index is 11.1. The van der Waals surface area contributed by atoms with Crippen LogP contribution in [-0.2, 0) is 14.1 Å². The van der Waals surface area contributed by atoms with Crippen LogP contribution in [0.4, 0.5) is 0 Å². The van der Waals surface area contributed by atoms with Gasteiger partial charge in [0.25, 0.3) is 0 Å². The van der Waals surface area contributed by atoms with E-state index in [-0.39, 0.29) is 30.2 Å². The zero-order valence-electron chi connectivity index (χ0n) is 12.4. The molecule has 1 heterocycles. The molecule has 2 rings (SSSR count). The highest BCUT2D eigenvalue weighted by atomic mass is 16.7. The molecule has 0 aromatic rings. The van der Waals surface area contributed by atoms with Crippen molar-refractivity contribution < 1.29 is 19.2 Å². The first-order valence-corrected chi connectivity index (χ1v) is 6.91. The Morgan fingerprint density at radius 3 is 2.26 bits per heavy atom. The second kappa shape index (κ2) is 4.63. The van der Waals surface area contributed by atoms with Gasteiger partial charge in [0.1, 0.15) is 0 Å². The first-order valence-electron chi connectivity index (χ1n) is 6.91. The van der Waals surface area contributed by atoms with E-state index in [0.29, 0.717) is 6.42 Å². The molecule has 1 N–H and O–H groups in total. The third-order valence-corrected chi connectivity index (χ3v) is 4.75. The Balaban J connectivity index is 2.12. The number of carboxylic acid groups (broad SMARTS) is 1. The molecular formula is C14H23BO4. The van der Waals surface area contributed by atoms with Crippen molar-refractivity contribution in [3.8, 4) is 0 Å². The third kappa shape index (κ3) is 2.58. The molecule has 0 amide bonds. The molecule has 4 nitrogen and oxygen atoms in total. The van der Waals surface area contributed by atoms with Crippen LogP contribution in [0.15, 0.2) is 11.5 Å². The molecule has 1 fully saturated rings. The van der Waals surface area contributed by atoms with Gasteiger partial charge >= 0.3 is 13.1 Å². The molecule has 106 valence electrons. The highest BCUT2D eigenvalue weighted by Gasteiger charge is 2.52. The van der Waals surface area contributed by atoms with Crippen LogP contribution >= 0.6 is 0 Å². The average Bonchev–Trinajstić information content (AvgIpc) is 2.47. The predicted octanol–water partition coefficient (Wildman–Crippen LogP) is 2.67. The van der Waals surface area contributed by atoms with Gasteiger partial charge in [0.2, 0.25) is 0 Å². The van der Waals surface area contributed by atoms with E-state index >= 15 is 0 Å². The van der Waals surface area contributed by atoms with Crippen molar-refractivity contribution in [3.05, 3.63) is 11.5 Å². The number of allylic oxidation sites excluding steroid dienone is 2.